The summed E-state index contributed by atoms with van der Waals surface area (Å²) >= 11 is 0. The standard InChI is InChI=1S/C12H16N4O4S/c1-15-10(9(5-13)11(17)16(2)12(15)18)14-6-8-3-4-21(19,20)7-8/h8,14H,3-4,6-7H2,1-2H3/t8-/m1/s1. The number of nitrogens with one attached hydrogen (secondary N) is 1. The van der Waals surface area contributed by atoms with Gasteiger partial charge in [-0.05, 0) is 12.3 Å². The van der Waals surface area contributed by atoms with Gasteiger partial charge >= 0.3 is 5.69 Å². The zero-order valence-electron chi connectivity index (χ0n) is 11.8. The molecule has 1 aromatic rings. The second-order valence-electron chi connectivity index (χ2n) is 5.19. The van der Waals surface area contributed by atoms with E-state index in [9.17, 15) is 18.0 Å². The lowest BCUT2D eigenvalue weighted by molar-refractivity contribution is 0.594. The van der Waals surface area contributed by atoms with E-state index in [0.29, 0.717) is 13.0 Å². The molecule has 1 fully saturated rings. The highest BCUT2D eigenvalue weighted by molar-refractivity contribution is 7.91. The van der Waals surface area contributed by atoms with Gasteiger partial charge in [0.25, 0.3) is 5.56 Å². The van der Waals surface area contributed by atoms with Crippen LogP contribution in [0.15, 0.2) is 9.59 Å². The van der Waals surface area contributed by atoms with E-state index in [-0.39, 0.29) is 28.8 Å². The molecule has 1 saturated heterocycles. The molecule has 2 heterocycles. The summed E-state index contributed by atoms with van der Waals surface area (Å²) in [6.45, 7) is 0.300. The molecule has 8 nitrogen and oxygen atoms in total. The van der Waals surface area contributed by atoms with Crippen LogP contribution < -0.4 is 16.6 Å². The number of hydrogen-bond donors (Lipinski definition) is 1. The van der Waals surface area contributed by atoms with E-state index >= 15 is 0 Å². The van der Waals surface area contributed by atoms with Crippen LogP contribution in [0, 0.1) is 17.2 Å². The number of rotatable bonds is 3. The molecule has 21 heavy (non-hydrogen) atoms. The summed E-state index contributed by atoms with van der Waals surface area (Å²) in [5.74, 6) is 0.288. The molecule has 0 radical (unpaired) electrons. The van der Waals surface area contributed by atoms with Crippen molar-refractivity contribution in [3.05, 3.63) is 26.4 Å². The average molecular weight is 312 g/mol. The molecular formula is C12H16N4O4S. The topological polar surface area (TPSA) is 114 Å². The maximum absolute atomic E-state index is 11.9. The molecule has 0 spiro atoms. The third-order valence-corrected chi connectivity index (χ3v) is 5.50. The molecule has 2 rings (SSSR count). The zero-order chi connectivity index (χ0) is 15.8. The molecule has 1 atom stereocenters. The van der Waals surface area contributed by atoms with Gasteiger partial charge in [0.1, 0.15) is 11.9 Å². The lowest BCUT2D eigenvalue weighted by Crippen LogP contribution is -2.40. The van der Waals surface area contributed by atoms with Gasteiger partial charge in [0.05, 0.1) is 11.5 Å². The van der Waals surface area contributed by atoms with Gasteiger partial charge in [-0.15, -0.1) is 0 Å². The van der Waals surface area contributed by atoms with Crippen LogP contribution in [0.1, 0.15) is 12.0 Å². The Morgan fingerprint density at radius 2 is 2.00 bits per heavy atom. The lowest BCUT2D eigenvalue weighted by atomic mass is 10.1. The minimum atomic E-state index is -2.99. The van der Waals surface area contributed by atoms with Crippen molar-refractivity contribution in [2.45, 2.75) is 6.42 Å². The van der Waals surface area contributed by atoms with Crippen LogP contribution in [0.2, 0.25) is 0 Å². The third kappa shape index (κ3) is 2.85. The first-order valence-corrected chi connectivity index (χ1v) is 8.23. The monoisotopic (exact) mass is 312 g/mol. The number of aromatic nitrogens is 2. The Bertz CT molecular complexity index is 829. The second kappa shape index (κ2) is 5.37. The fourth-order valence-electron chi connectivity index (χ4n) is 2.43. The van der Waals surface area contributed by atoms with E-state index in [0.717, 1.165) is 4.57 Å². The highest BCUT2D eigenvalue weighted by Crippen LogP contribution is 2.19. The van der Waals surface area contributed by atoms with Crippen LogP contribution in [0.4, 0.5) is 5.82 Å². The summed E-state index contributed by atoms with van der Waals surface area (Å²) in [4.78, 5) is 23.7. The van der Waals surface area contributed by atoms with E-state index in [4.69, 9.17) is 5.26 Å². The molecule has 0 amide bonds. The first-order chi connectivity index (χ1) is 9.76. The van der Waals surface area contributed by atoms with Crippen molar-refractivity contribution in [1.29, 1.82) is 5.26 Å². The number of anilines is 1. The van der Waals surface area contributed by atoms with Crippen molar-refractivity contribution < 1.29 is 8.42 Å². The third-order valence-electron chi connectivity index (χ3n) is 3.66. The SMILES string of the molecule is Cn1c(NC[C@H]2CCS(=O)(=O)C2)c(C#N)c(=O)n(C)c1=O. The van der Waals surface area contributed by atoms with E-state index in [1.165, 1.54) is 18.7 Å². The largest absolute Gasteiger partial charge is 0.370 e. The molecule has 114 valence electrons. The maximum atomic E-state index is 11.9. The molecule has 0 bridgehead atoms. The first-order valence-electron chi connectivity index (χ1n) is 6.41. The summed E-state index contributed by atoms with van der Waals surface area (Å²) in [7, 11) is -0.229. The van der Waals surface area contributed by atoms with Crippen LogP contribution in [-0.4, -0.2) is 35.6 Å². The summed E-state index contributed by atoms with van der Waals surface area (Å²) < 4.78 is 24.9. The quantitative estimate of drug-likeness (QED) is 0.750. The second-order valence-corrected chi connectivity index (χ2v) is 7.42. The van der Waals surface area contributed by atoms with Gasteiger partial charge in [0.15, 0.2) is 15.4 Å². The molecule has 0 unspecified atom stereocenters. The van der Waals surface area contributed by atoms with Gasteiger partial charge in [0.2, 0.25) is 0 Å². The van der Waals surface area contributed by atoms with Gasteiger partial charge in [0, 0.05) is 20.6 Å². The molecule has 0 aromatic carbocycles. The summed E-state index contributed by atoms with van der Waals surface area (Å²) in [6, 6.07) is 1.79. The molecule has 0 saturated carbocycles. The van der Waals surface area contributed by atoms with Crippen molar-refractivity contribution >= 4 is 15.7 Å². The van der Waals surface area contributed by atoms with E-state index in [1.54, 1.807) is 6.07 Å². The number of hydrogen-bond acceptors (Lipinski definition) is 6. The van der Waals surface area contributed by atoms with E-state index in [2.05, 4.69) is 5.32 Å². The molecular weight excluding hydrogens is 296 g/mol. The van der Waals surface area contributed by atoms with Gasteiger partial charge in [-0.2, -0.15) is 5.26 Å². The van der Waals surface area contributed by atoms with Crippen molar-refractivity contribution in [2.24, 2.45) is 20.0 Å². The molecule has 1 aromatic heterocycles. The summed E-state index contributed by atoms with van der Waals surface area (Å²) in [5.41, 5.74) is -1.36. The summed E-state index contributed by atoms with van der Waals surface area (Å²) in [6.07, 6.45) is 0.538. The minimum Gasteiger partial charge on any atom is -0.370 e. The van der Waals surface area contributed by atoms with Gasteiger partial charge in [-0.3, -0.25) is 13.9 Å². The molecule has 1 N–H and O–H groups in total. The van der Waals surface area contributed by atoms with E-state index in [1.807, 2.05) is 0 Å². The Hall–Kier alpha value is -2.08. The highest BCUT2D eigenvalue weighted by Gasteiger charge is 2.28. The Labute approximate surface area is 121 Å². The lowest BCUT2D eigenvalue weighted by Gasteiger charge is -2.15. The van der Waals surface area contributed by atoms with Crippen LogP contribution >= 0.6 is 0 Å². The molecule has 1 aliphatic heterocycles. The Morgan fingerprint density at radius 3 is 2.52 bits per heavy atom. The normalized spacial score (nSPS) is 20.1. The van der Waals surface area contributed by atoms with Crippen molar-refractivity contribution in [2.75, 3.05) is 23.4 Å². The Morgan fingerprint density at radius 1 is 1.33 bits per heavy atom. The van der Waals surface area contributed by atoms with Crippen molar-refractivity contribution in [1.82, 2.24) is 9.13 Å². The fourth-order valence-corrected chi connectivity index (χ4v) is 4.29. The number of sulfone groups is 1. The zero-order valence-corrected chi connectivity index (χ0v) is 12.6. The van der Waals surface area contributed by atoms with Gasteiger partial charge in [-0.25, -0.2) is 13.2 Å². The average Bonchev–Trinajstić information content (AvgIpc) is 2.78. The molecule has 1 aliphatic rings. The van der Waals surface area contributed by atoms with Crippen molar-refractivity contribution in [3.63, 3.8) is 0 Å². The van der Waals surface area contributed by atoms with E-state index < -0.39 is 21.1 Å². The van der Waals surface area contributed by atoms with Crippen LogP contribution in [0.3, 0.4) is 0 Å². The molecule has 0 aliphatic carbocycles. The first kappa shape index (κ1) is 15.3. The number of nitrogens with zero attached hydrogens (tertiary/aromatic N) is 3. The Kier molecular flexibility index (Phi) is 3.91. The predicted molar refractivity (Wildman–Crippen MR) is 76.9 cm³/mol. The maximum Gasteiger partial charge on any atom is 0.332 e. The predicted octanol–water partition coefficient (Wildman–Crippen LogP) is -1.20. The van der Waals surface area contributed by atoms with Crippen LogP contribution in [0.25, 0.3) is 0 Å². The van der Waals surface area contributed by atoms with Crippen LogP contribution in [-0.2, 0) is 23.9 Å². The summed E-state index contributed by atoms with van der Waals surface area (Å²) in [5, 5.41) is 12.0. The smallest absolute Gasteiger partial charge is 0.332 e. The minimum absolute atomic E-state index is 0.0827. The fraction of sp³-hybridized carbons (Fsp3) is 0.583. The highest BCUT2D eigenvalue weighted by atomic mass is 32.2. The number of nitriles is 1. The molecule has 9 heteroatoms. The van der Waals surface area contributed by atoms with Crippen molar-refractivity contribution in [3.8, 4) is 6.07 Å². The van der Waals surface area contributed by atoms with Gasteiger partial charge < -0.3 is 5.32 Å². The van der Waals surface area contributed by atoms with Gasteiger partial charge in [-0.1, -0.05) is 0 Å². The Balaban J connectivity index is 2.31. The van der Waals surface area contributed by atoms with Crippen LogP contribution in [0.5, 0.6) is 0 Å².